The van der Waals surface area contributed by atoms with Crippen molar-refractivity contribution in [1.29, 1.82) is 0 Å². The Labute approximate surface area is 81.5 Å². The molecule has 2 heterocycles. The van der Waals surface area contributed by atoms with Crippen LogP contribution in [0.5, 0.6) is 5.75 Å². The number of hydrogen-bond acceptors (Lipinski definition) is 3. The van der Waals surface area contributed by atoms with E-state index in [9.17, 15) is 4.79 Å². The first-order valence-electron chi connectivity index (χ1n) is 3.53. The van der Waals surface area contributed by atoms with Crippen molar-refractivity contribution < 1.29 is 4.74 Å². The first kappa shape index (κ1) is 8.31. The summed E-state index contributed by atoms with van der Waals surface area (Å²) >= 11 is 3.29. The normalized spacial score (nSPS) is 10.6. The molecule has 0 fully saturated rings. The molecule has 2 aromatic heterocycles. The minimum atomic E-state index is -0.277. The summed E-state index contributed by atoms with van der Waals surface area (Å²) in [5.41, 5.74) is 0.197. The number of nitrogens with one attached hydrogen (secondary N) is 1. The van der Waals surface area contributed by atoms with E-state index in [0.717, 1.165) is 4.47 Å². The van der Waals surface area contributed by atoms with Crippen LogP contribution in [-0.4, -0.2) is 21.7 Å². The fourth-order valence-corrected chi connectivity index (χ4v) is 1.57. The average Bonchev–Trinajstić information content (AvgIpc) is 2.48. The van der Waals surface area contributed by atoms with Gasteiger partial charge in [-0.2, -0.15) is 0 Å². The molecule has 2 rings (SSSR count). The van der Waals surface area contributed by atoms with Crippen molar-refractivity contribution in [3.63, 3.8) is 0 Å². The van der Waals surface area contributed by atoms with Gasteiger partial charge in [-0.05, 0) is 22.0 Å². The van der Waals surface area contributed by atoms with E-state index in [1.54, 1.807) is 12.3 Å². The van der Waals surface area contributed by atoms with Crippen molar-refractivity contribution >= 4 is 21.6 Å². The van der Waals surface area contributed by atoms with E-state index < -0.39 is 0 Å². The standard InChI is InChI=1S/C7H6BrN3O2/c1-13-5-4(8)2-3-11-6(5)9-10-7(11)12/h2-3H,1H3,(H,10,12). The number of hydrogen-bond donors (Lipinski definition) is 1. The summed E-state index contributed by atoms with van der Waals surface area (Å²) < 4.78 is 7.23. The summed E-state index contributed by atoms with van der Waals surface area (Å²) in [6.45, 7) is 0. The Morgan fingerprint density at radius 3 is 3.15 bits per heavy atom. The number of rotatable bonds is 1. The zero-order chi connectivity index (χ0) is 9.42. The second-order valence-corrected chi connectivity index (χ2v) is 3.27. The van der Waals surface area contributed by atoms with Gasteiger partial charge < -0.3 is 4.74 Å². The van der Waals surface area contributed by atoms with Gasteiger partial charge in [0, 0.05) is 6.20 Å². The molecule has 0 atom stereocenters. The third-order valence-corrected chi connectivity index (χ3v) is 2.32. The van der Waals surface area contributed by atoms with Gasteiger partial charge in [0.1, 0.15) is 0 Å². The Bertz CT molecular complexity index is 502. The van der Waals surface area contributed by atoms with E-state index in [1.165, 1.54) is 11.5 Å². The lowest BCUT2D eigenvalue weighted by molar-refractivity contribution is 0.414. The zero-order valence-electron chi connectivity index (χ0n) is 6.74. The fraction of sp³-hybridized carbons (Fsp3) is 0.143. The third kappa shape index (κ3) is 1.14. The van der Waals surface area contributed by atoms with E-state index >= 15 is 0 Å². The van der Waals surface area contributed by atoms with E-state index in [0.29, 0.717) is 11.4 Å². The largest absolute Gasteiger partial charge is 0.492 e. The number of fused-ring (bicyclic) bond motifs is 1. The van der Waals surface area contributed by atoms with Crippen LogP contribution in [0.15, 0.2) is 21.5 Å². The van der Waals surface area contributed by atoms with Gasteiger partial charge in [0.25, 0.3) is 0 Å². The van der Waals surface area contributed by atoms with Gasteiger partial charge in [-0.25, -0.2) is 14.3 Å². The van der Waals surface area contributed by atoms with Crippen molar-refractivity contribution in [2.24, 2.45) is 0 Å². The van der Waals surface area contributed by atoms with Crippen LogP contribution in [-0.2, 0) is 0 Å². The molecule has 1 N–H and O–H groups in total. The molecule has 0 aliphatic heterocycles. The van der Waals surface area contributed by atoms with E-state index in [-0.39, 0.29) is 5.69 Å². The van der Waals surface area contributed by atoms with Crippen molar-refractivity contribution in [3.8, 4) is 5.75 Å². The molecule has 13 heavy (non-hydrogen) atoms. The van der Waals surface area contributed by atoms with Crippen LogP contribution < -0.4 is 10.4 Å². The Morgan fingerprint density at radius 2 is 2.46 bits per heavy atom. The van der Waals surface area contributed by atoms with Gasteiger partial charge >= 0.3 is 5.69 Å². The molecule has 5 nitrogen and oxygen atoms in total. The second kappa shape index (κ2) is 2.88. The van der Waals surface area contributed by atoms with E-state index in [1.807, 2.05) is 0 Å². The predicted molar refractivity (Wildman–Crippen MR) is 50.1 cm³/mol. The Hall–Kier alpha value is -1.30. The summed E-state index contributed by atoms with van der Waals surface area (Å²) in [7, 11) is 1.53. The lowest BCUT2D eigenvalue weighted by atomic mass is 10.4. The molecule has 0 aliphatic rings. The van der Waals surface area contributed by atoms with Crippen LogP contribution in [0.2, 0.25) is 0 Å². The number of methoxy groups -OCH3 is 1. The maximum atomic E-state index is 11.1. The molecule has 0 bridgehead atoms. The van der Waals surface area contributed by atoms with Crippen LogP contribution in [0.25, 0.3) is 5.65 Å². The molecule has 68 valence electrons. The molecule has 0 saturated carbocycles. The van der Waals surface area contributed by atoms with Gasteiger partial charge in [-0.3, -0.25) is 0 Å². The van der Waals surface area contributed by atoms with Crippen molar-refractivity contribution in [2.75, 3.05) is 7.11 Å². The molecule has 0 spiro atoms. The molecule has 0 aromatic carbocycles. The fourth-order valence-electron chi connectivity index (χ4n) is 1.11. The Morgan fingerprint density at radius 1 is 1.69 bits per heavy atom. The van der Waals surface area contributed by atoms with Crippen LogP contribution in [0.1, 0.15) is 0 Å². The number of aromatic amines is 1. The Kier molecular flexibility index (Phi) is 1.84. The highest BCUT2D eigenvalue weighted by atomic mass is 79.9. The Balaban J connectivity index is 2.93. The SMILES string of the molecule is COc1c(Br)ccn2c(=O)[nH]nc12. The highest BCUT2D eigenvalue weighted by Crippen LogP contribution is 2.26. The lowest BCUT2D eigenvalue weighted by Gasteiger charge is -2.02. The summed E-state index contributed by atoms with van der Waals surface area (Å²) in [5, 5.41) is 6.16. The summed E-state index contributed by atoms with van der Waals surface area (Å²) in [6.07, 6.45) is 1.62. The van der Waals surface area contributed by atoms with E-state index in [2.05, 4.69) is 26.1 Å². The number of ether oxygens (including phenoxy) is 1. The molecule has 0 radical (unpaired) electrons. The van der Waals surface area contributed by atoms with Gasteiger partial charge in [0.15, 0.2) is 5.75 Å². The van der Waals surface area contributed by atoms with Crippen molar-refractivity contribution in [1.82, 2.24) is 14.6 Å². The number of halogens is 1. The third-order valence-electron chi connectivity index (χ3n) is 1.70. The summed E-state index contributed by atoms with van der Waals surface area (Å²) in [4.78, 5) is 11.1. The minimum Gasteiger partial charge on any atom is -0.492 e. The van der Waals surface area contributed by atoms with Crippen LogP contribution in [0.3, 0.4) is 0 Å². The van der Waals surface area contributed by atoms with Crippen LogP contribution in [0, 0.1) is 0 Å². The molecular weight excluding hydrogens is 238 g/mol. The molecular formula is C7H6BrN3O2. The van der Waals surface area contributed by atoms with Gasteiger partial charge in [-0.1, -0.05) is 0 Å². The smallest absolute Gasteiger partial charge is 0.347 e. The van der Waals surface area contributed by atoms with Crippen LogP contribution >= 0.6 is 15.9 Å². The van der Waals surface area contributed by atoms with E-state index in [4.69, 9.17) is 4.74 Å². The molecule has 0 saturated heterocycles. The molecule has 6 heteroatoms. The zero-order valence-corrected chi connectivity index (χ0v) is 8.33. The quantitative estimate of drug-likeness (QED) is 0.806. The van der Waals surface area contributed by atoms with Gasteiger partial charge in [-0.15, -0.1) is 5.10 Å². The second-order valence-electron chi connectivity index (χ2n) is 2.42. The average molecular weight is 244 g/mol. The highest BCUT2D eigenvalue weighted by Gasteiger charge is 2.09. The topological polar surface area (TPSA) is 59.4 Å². The number of nitrogens with zero attached hydrogens (tertiary/aromatic N) is 2. The summed E-state index contributed by atoms with van der Waals surface area (Å²) in [6, 6.07) is 1.72. The monoisotopic (exact) mass is 243 g/mol. The number of aromatic nitrogens is 3. The number of H-pyrrole nitrogens is 1. The predicted octanol–water partition coefficient (Wildman–Crippen LogP) is 0.794. The van der Waals surface area contributed by atoms with Crippen molar-refractivity contribution in [2.45, 2.75) is 0 Å². The maximum Gasteiger partial charge on any atom is 0.347 e. The van der Waals surface area contributed by atoms with Crippen molar-refractivity contribution in [3.05, 3.63) is 27.2 Å². The van der Waals surface area contributed by atoms with Gasteiger partial charge in [0.05, 0.1) is 11.6 Å². The first-order valence-corrected chi connectivity index (χ1v) is 4.32. The number of pyridine rings is 1. The molecule has 2 aromatic rings. The minimum absolute atomic E-state index is 0.277. The molecule has 0 aliphatic carbocycles. The molecule has 0 unspecified atom stereocenters. The lowest BCUT2D eigenvalue weighted by Crippen LogP contribution is -2.08. The van der Waals surface area contributed by atoms with Gasteiger partial charge in [0.2, 0.25) is 5.65 Å². The molecule has 0 amide bonds. The first-order chi connectivity index (χ1) is 6.24. The maximum absolute atomic E-state index is 11.1. The van der Waals surface area contributed by atoms with Crippen LogP contribution in [0.4, 0.5) is 0 Å². The highest BCUT2D eigenvalue weighted by molar-refractivity contribution is 9.10. The summed E-state index contributed by atoms with van der Waals surface area (Å²) in [5.74, 6) is 0.542.